The van der Waals surface area contributed by atoms with Gasteiger partial charge in [-0.2, -0.15) is 0 Å². The van der Waals surface area contributed by atoms with Crippen LogP contribution in [0.4, 0.5) is 5.69 Å². The van der Waals surface area contributed by atoms with Crippen molar-refractivity contribution >= 4 is 11.7 Å². The van der Waals surface area contributed by atoms with Crippen molar-refractivity contribution in [2.75, 3.05) is 13.7 Å². The summed E-state index contributed by atoms with van der Waals surface area (Å²) in [5.41, 5.74) is -0.602. The van der Waals surface area contributed by atoms with Crippen molar-refractivity contribution in [3.8, 4) is 5.75 Å². The molecule has 19 heavy (non-hydrogen) atoms. The highest BCUT2D eigenvalue weighted by Crippen LogP contribution is 2.30. The number of hydrogen-bond acceptors (Lipinski definition) is 5. The number of carbonyl (C=O) groups excluding carboxylic acids is 1. The molecule has 0 N–H and O–H groups in total. The zero-order valence-corrected chi connectivity index (χ0v) is 11.4. The molecule has 0 aliphatic carbocycles. The van der Waals surface area contributed by atoms with Crippen LogP contribution in [0.15, 0.2) is 18.2 Å². The molecule has 0 aliphatic heterocycles. The maximum atomic E-state index is 11.7. The number of ether oxygens (including phenoxy) is 2. The minimum Gasteiger partial charge on any atom is -0.492 e. The Morgan fingerprint density at radius 3 is 2.47 bits per heavy atom. The van der Waals surface area contributed by atoms with Gasteiger partial charge in [-0.3, -0.25) is 10.1 Å². The monoisotopic (exact) mass is 267 g/mol. The summed E-state index contributed by atoms with van der Waals surface area (Å²) in [7, 11) is 1.17. The highest BCUT2D eigenvalue weighted by Gasteiger charge is 2.26. The summed E-state index contributed by atoms with van der Waals surface area (Å²) in [6.45, 7) is 6.21. The summed E-state index contributed by atoms with van der Waals surface area (Å²) >= 11 is 0. The first-order chi connectivity index (χ1) is 8.76. The van der Waals surface area contributed by atoms with Gasteiger partial charge in [0.15, 0.2) is 5.56 Å². The molecule has 0 fully saturated rings. The van der Waals surface area contributed by atoms with E-state index in [1.165, 1.54) is 25.3 Å². The average molecular weight is 267 g/mol. The van der Waals surface area contributed by atoms with E-state index in [0.29, 0.717) is 6.61 Å². The van der Waals surface area contributed by atoms with E-state index in [9.17, 15) is 14.9 Å². The Morgan fingerprint density at radius 1 is 1.37 bits per heavy atom. The van der Waals surface area contributed by atoms with Crippen molar-refractivity contribution in [2.45, 2.75) is 20.8 Å². The van der Waals surface area contributed by atoms with Crippen molar-refractivity contribution in [2.24, 2.45) is 5.41 Å². The SMILES string of the molecule is COC(=O)c1c(OCC(C)(C)C)cccc1[N+](=O)[O-]. The number of esters is 1. The van der Waals surface area contributed by atoms with Crippen LogP contribution in [0.25, 0.3) is 0 Å². The van der Waals surface area contributed by atoms with Gasteiger partial charge in [-0.05, 0) is 11.5 Å². The van der Waals surface area contributed by atoms with Gasteiger partial charge in [-0.15, -0.1) is 0 Å². The predicted octanol–water partition coefficient (Wildman–Crippen LogP) is 2.81. The third-order valence-electron chi connectivity index (χ3n) is 2.25. The first kappa shape index (κ1) is 14.9. The zero-order chi connectivity index (χ0) is 14.6. The number of methoxy groups -OCH3 is 1. The lowest BCUT2D eigenvalue weighted by atomic mass is 9.98. The molecule has 0 aliphatic rings. The van der Waals surface area contributed by atoms with Crippen molar-refractivity contribution in [3.05, 3.63) is 33.9 Å². The van der Waals surface area contributed by atoms with Crippen molar-refractivity contribution in [1.82, 2.24) is 0 Å². The number of carbonyl (C=O) groups is 1. The fraction of sp³-hybridized carbons (Fsp3) is 0.462. The van der Waals surface area contributed by atoms with Gasteiger partial charge in [0.05, 0.1) is 18.6 Å². The van der Waals surface area contributed by atoms with Gasteiger partial charge >= 0.3 is 5.97 Å². The van der Waals surface area contributed by atoms with Crippen LogP contribution in [0.5, 0.6) is 5.75 Å². The molecular weight excluding hydrogens is 250 g/mol. The maximum Gasteiger partial charge on any atom is 0.348 e. The van der Waals surface area contributed by atoms with Gasteiger partial charge in [-0.1, -0.05) is 26.8 Å². The first-order valence-electron chi connectivity index (χ1n) is 5.75. The van der Waals surface area contributed by atoms with Crippen molar-refractivity contribution in [1.29, 1.82) is 0 Å². The molecule has 104 valence electrons. The average Bonchev–Trinajstić information content (AvgIpc) is 2.33. The fourth-order valence-electron chi connectivity index (χ4n) is 1.39. The van der Waals surface area contributed by atoms with Gasteiger partial charge in [0.2, 0.25) is 0 Å². The van der Waals surface area contributed by atoms with Gasteiger partial charge in [0.1, 0.15) is 5.75 Å². The minimum absolute atomic E-state index is 0.127. The molecule has 1 aromatic rings. The summed E-state index contributed by atoms with van der Waals surface area (Å²) in [4.78, 5) is 22.0. The molecule has 6 heteroatoms. The Kier molecular flexibility index (Phi) is 4.47. The van der Waals surface area contributed by atoms with Crippen LogP contribution >= 0.6 is 0 Å². The number of rotatable bonds is 4. The minimum atomic E-state index is -0.781. The lowest BCUT2D eigenvalue weighted by molar-refractivity contribution is -0.385. The van der Waals surface area contributed by atoms with E-state index < -0.39 is 10.9 Å². The lowest BCUT2D eigenvalue weighted by Gasteiger charge is -2.19. The number of nitrogens with zero attached hydrogens (tertiary/aromatic N) is 1. The summed E-state index contributed by atoms with van der Waals surface area (Å²) in [5.74, 6) is -0.618. The molecular formula is C13H17NO5. The fourth-order valence-corrected chi connectivity index (χ4v) is 1.39. The molecule has 0 amide bonds. The molecule has 1 aromatic carbocycles. The first-order valence-corrected chi connectivity index (χ1v) is 5.75. The number of hydrogen-bond donors (Lipinski definition) is 0. The normalized spacial score (nSPS) is 10.9. The molecule has 0 aromatic heterocycles. The van der Waals surface area contributed by atoms with Gasteiger partial charge < -0.3 is 9.47 Å². The number of nitro benzene ring substituents is 1. The van der Waals surface area contributed by atoms with E-state index in [-0.39, 0.29) is 22.4 Å². The molecule has 0 unspecified atom stereocenters. The molecule has 0 saturated heterocycles. The van der Waals surface area contributed by atoms with Crippen LogP contribution in [0.1, 0.15) is 31.1 Å². The second-order valence-electron chi connectivity index (χ2n) is 5.25. The summed E-state index contributed by atoms with van der Waals surface area (Å²) in [5, 5.41) is 10.9. The molecule has 0 heterocycles. The van der Waals surface area contributed by atoms with Crippen LogP contribution in [0.2, 0.25) is 0 Å². The van der Waals surface area contributed by atoms with Gasteiger partial charge in [-0.25, -0.2) is 4.79 Å². The predicted molar refractivity (Wildman–Crippen MR) is 69.4 cm³/mol. The van der Waals surface area contributed by atoms with Crippen LogP contribution in [0.3, 0.4) is 0 Å². The Morgan fingerprint density at radius 2 is 2.00 bits per heavy atom. The summed E-state index contributed by atoms with van der Waals surface area (Å²) in [6, 6.07) is 4.24. The smallest absolute Gasteiger partial charge is 0.348 e. The second-order valence-corrected chi connectivity index (χ2v) is 5.25. The molecule has 0 atom stereocenters. The third kappa shape index (κ3) is 3.94. The third-order valence-corrected chi connectivity index (χ3v) is 2.25. The van der Waals surface area contributed by atoms with Crippen LogP contribution < -0.4 is 4.74 Å². The lowest BCUT2D eigenvalue weighted by Crippen LogP contribution is -2.18. The summed E-state index contributed by atoms with van der Waals surface area (Å²) in [6.07, 6.45) is 0. The standard InChI is InChI=1S/C13H17NO5/c1-13(2,3)8-19-10-7-5-6-9(14(16)17)11(10)12(15)18-4/h5-7H,8H2,1-4H3. The molecule has 1 rings (SSSR count). The quantitative estimate of drug-likeness (QED) is 0.476. The van der Waals surface area contributed by atoms with Crippen LogP contribution in [0, 0.1) is 15.5 Å². The van der Waals surface area contributed by atoms with Gasteiger partial charge in [0.25, 0.3) is 5.69 Å². The molecule has 0 radical (unpaired) electrons. The van der Waals surface area contributed by atoms with Crippen molar-refractivity contribution < 1.29 is 19.2 Å². The molecule has 0 spiro atoms. The maximum absolute atomic E-state index is 11.7. The van der Waals surface area contributed by atoms with E-state index in [2.05, 4.69) is 4.74 Å². The molecule has 0 bridgehead atoms. The Balaban J connectivity index is 3.19. The highest BCUT2D eigenvalue weighted by atomic mass is 16.6. The topological polar surface area (TPSA) is 78.7 Å². The zero-order valence-electron chi connectivity index (χ0n) is 11.4. The van der Waals surface area contributed by atoms with E-state index in [1.807, 2.05) is 20.8 Å². The molecule has 0 saturated carbocycles. The van der Waals surface area contributed by atoms with E-state index in [4.69, 9.17) is 4.74 Å². The second kappa shape index (κ2) is 5.69. The number of benzene rings is 1. The highest BCUT2D eigenvalue weighted by molar-refractivity contribution is 5.96. The molecule has 6 nitrogen and oxygen atoms in total. The van der Waals surface area contributed by atoms with E-state index >= 15 is 0 Å². The van der Waals surface area contributed by atoms with Crippen LogP contribution in [-0.4, -0.2) is 24.6 Å². The Bertz CT molecular complexity index is 490. The Hall–Kier alpha value is -2.11. The van der Waals surface area contributed by atoms with Gasteiger partial charge in [0, 0.05) is 6.07 Å². The summed E-state index contributed by atoms with van der Waals surface area (Å²) < 4.78 is 10.1. The van der Waals surface area contributed by atoms with E-state index in [1.54, 1.807) is 0 Å². The number of nitro groups is 1. The van der Waals surface area contributed by atoms with E-state index in [0.717, 1.165) is 0 Å². The largest absolute Gasteiger partial charge is 0.492 e. The Labute approximate surface area is 111 Å². The van der Waals surface area contributed by atoms with Crippen LogP contribution in [-0.2, 0) is 4.74 Å². The van der Waals surface area contributed by atoms with Crippen molar-refractivity contribution in [3.63, 3.8) is 0 Å².